The van der Waals surface area contributed by atoms with E-state index in [1.807, 2.05) is 14.0 Å². The van der Waals surface area contributed by atoms with E-state index in [1.54, 1.807) is 13.3 Å². The molecule has 0 aliphatic carbocycles. The summed E-state index contributed by atoms with van der Waals surface area (Å²) in [5, 5.41) is 3.02. The Bertz CT molecular complexity index is 262. The average Bonchev–Trinajstić information content (AvgIpc) is 2.05. The molecule has 0 aliphatic rings. The van der Waals surface area contributed by atoms with E-state index in [0.29, 0.717) is 6.54 Å². The molecule has 0 saturated carbocycles. The normalized spacial score (nSPS) is 9.92. The average molecular weight is 167 g/mol. The molecular weight excluding hydrogens is 154 g/mol. The molecule has 0 fully saturated rings. The molecule has 0 saturated heterocycles. The predicted molar refractivity (Wildman–Crippen MR) is 46.1 cm³/mol. The molecule has 0 spiro atoms. The molecule has 0 amide bonds. The lowest BCUT2D eigenvalue weighted by molar-refractivity contribution is 0.402. The van der Waals surface area contributed by atoms with Gasteiger partial charge in [-0.25, -0.2) is 9.97 Å². The van der Waals surface area contributed by atoms with Crippen LogP contribution in [-0.4, -0.2) is 24.1 Å². The number of nitrogens with one attached hydrogen (secondary N) is 1. The molecule has 0 aliphatic heterocycles. The molecule has 0 aromatic carbocycles. The van der Waals surface area contributed by atoms with Gasteiger partial charge in [0.25, 0.3) is 0 Å². The Balaban J connectivity index is 2.95. The molecule has 1 N–H and O–H groups in total. The van der Waals surface area contributed by atoms with Gasteiger partial charge in [0, 0.05) is 6.54 Å². The minimum Gasteiger partial charge on any atom is -0.493 e. The van der Waals surface area contributed by atoms with Crippen molar-refractivity contribution in [3.05, 3.63) is 17.7 Å². The molecule has 66 valence electrons. The van der Waals surface area contributed by atoms with Crippen LogP contribution in [-0.2, 0) is 6.54 Å². The lowest BCUT2D eigenvalue weighted by Gasteiger charge is -2.06. The number of ether oxygens (including phenoxy) is 1. The van der Waals surface area contributed by atoms with Crippen molar-refractivity contribution in [1.82, 2.24) is 15.3 Å². The molecule has 4 heteroatoms. The third-order valence-electron chi connectivity index (χ3n) is 1.51. The van der Waals surface area contributed by atoms with Crippen LogP contribution in [0.1, 0.15) is 11.5 Å². The first-order valence-electron chi connectivity index (χ1n) is 3.79. The summed E-state index contributed by atoms with van der Waals surface area (Å²) in [6.07, 6.45) is 1.69. The van der Waals surface area contributed by atoms with Crippen LogP contribution in [0.3, 0.4) is 0 Å². The van der Waals surface area contributed by atoms with Gasteiger partial charge >= 0.3 is 0 Å². The summed E-state index contributed by atoms with van der Waals surface area (Å²) in [6.45, 7) is 2.56. The van der Waals surface area contributed by atoms with E-state index in [-0.39, 0.29) is 0 Å². The van der Waals surface area contributed by atoms with Crippen LogP contribution in [0.4, 0.5) is 0 Å². The van der Waals surface area contributed by atoms with Crippen molar-refractivity contribution in [2.45, 2.75) is 13.5 Å². The molecule has 12 heavy (non-hydrogen) atoms. The van der Waals surface area contributed by atoms with Gasteiger partial charge in [-0.15, -0.1) is 0 Å². The van der Waals surface area contributed by atoms with Crippen LogP contribution >= 0.6 is 0 Å². The first-order valence-corrected chi connectivity index (χ1v) is 3.79. The Labute approximate surface area is 72.0 Å². The molecular formula is C8H13N3O. The van der Waals surface area contributed by atoms with E-state index in [4.69, 9.17) is 4.74 Å². The molecule has 0 radical (unpaired) electrons. The predicted octanol–water partition coefficient (Wildman–Crippen LogP) is 0.513. The van der Waals surface area contributed by atoms with Gasteiger partial charge in [0.15, 0.2) is 5.75 Å². The smallest absolute Gasteiger partial charge is 0.159 e. The zero-order valence-electron chi connectivity index (χ0n) is 7.59. The third-order valence-corrected chi connectivity index (χ3v) is 1.51. The highest BCUT2D eigenvalue weighted by molar-refractivity contribution is 5.24. The van der Waals surface area contributed by atoms with Gasteiger partial charge in [0.1, 0.15) is 5.82 Å². The van der Waals surface area contributed by atoms with Crippen LogP contribution in [0.15, 0.2) is 6.20 Å². The van der Waals surface area contributed by atoms with Crippen LogP contribution in [0, 0.1) is 6.92 Å². The SMILES string of the molecule is CNCc1nc(C)ncc1OC. The largest absolute Gasteiger partial charge is 0.493 e. The highest BCUT2D eigenvalue weighted by atomic mass is 16.5. The van der Waals surface area contributed by atoms with Crippen molar-refractivity contribution in [3.63, 3.8) is 0 Å². The maximum absolute atomic E-state index is 5.09. The fourth-order valence-electron chi connectivity index (χ4n) is 0.970. The lowest BCUT2D eigenvalue weighted by Crippen LogP contribution is -2.09. The maximum Gasteiger partial charge on any atom is 0.159 e. The van der Waals surface area contributed by atoms with E-state index in [1.165, 1.54) is 0 Å². The van der Waals surface area contributed by atoms with Gasteiger partial charge < -0.3 is 10.1 Å². The van der Waals surface area contributed by atoms with Crippen molar-refractivity contribution in [2.24, 2.45) is 0 Å². The standard InChI is InChI=1S/C8H13N3O/c1-6-10-5-8(12-3)7(11-6)4-9-2/h5,9H,4H2,1-3H3. The van der Waals surface area contributed by atoms with Crippen LogP contribution in [0.25, 0.3) is 0 Å². The van der Waals surface area contributed by atoms with Crippen LogP contribution in [0.2, 0.25) is 0 Å². The number of methoxy groups -OCH3 is 1. The number of hydrogen-bond donors (Lipinski definition) is 1. The zero-order valence-corrected chi connectivity index (χ0v) is 7.59. The summed E-state index contributed by atoms with van der Waals surface area (Å²) in [6, 6.07) is 0. The van der Waals surface area contributed by atoms with Gasteiger partial charge in [-0.1, -0.05) is 0 Å². The second-order valence-electron chi connectivity index (χ2n) is 2.46. The fourth-order valence-corrected chi connectivity index (χ4v) is 0.970. The van der Waals surface area contributed by atoms with Gasteiger partial charge in [0.2, 0.25) is 0 Å². The van der Waals surface area contributed by atoms with Gasteiger partial charge in [0.05, 0.1) is 19.0 Å². The van der Waals surface area contributed by atoms with Crippen molar-refractivity contribution < 1.29 is 4.74 Å². The first kappa shape index (κ1) is 8.93. The number of nitrogens with zero attached hydrogens (tertiary/aromatic N) is 2. The number of rotatable bonds is 3. The summed E-state index contributed by atoms with van der Waals surface area (Å²) in [4.78, 5) is 8.26. The minimum atomic E-state index is 0.701. The Hall–Kier alpha value is -1.16. The Morgan fingerprint density at radius 2 is 2.33 bits per heavy atom. The van der Waals surface area contributed by atoms with E-state index in [0.717, 1.165) is 17.3 Å². The molecule has 1 aromatic rings. The second kappa shape index (κ2) is 4.01. The van der Waals surface area contributed by atoms with Gasteiger partial charge in [-0.3, -0.25) is 0 Å². The number of aromatic nitrogens is 2. The Morgan fingerprint density at radius 1 is 1.58 bits per heavy atom. The Morgan fingerprint density at radius 3 is 2.92 bits per heavy atom. The molecule has 0 bridgehead atoms. The summed E-state index contributed by atoms with van der Waals surface area (Å²) in [5.74, 6) is 1.50. The lowest BCUT2D eigenvalue weighted by atomic mass is 10.3. The Kier molecular flexibility index (Phi) is 2.99. The minimum absolute atomic E-state index is 0.701. The highest BCUT2D eigenvalue weighted by Crippen LogP contribution is 2.13. The quantitative estimate of drug-likeness (QED) is 0.712. The van der Waals surface area contributed by atoms with Crippen LogP contribution < -0.4 is 10.1 Å². The van der Waals surface area contributed by atoms with Crippen molar-refractivity contribution in [2.75, 3.05) is 14.2 Å². The van der Waals surface area contributed by atoms with E-state index in [2.05, 4.69) is 15.3 Å². The maximum atomic E-state index is 5.09. The monoisotopic (exact) mass is 167 g/mol. The fraction of sp³-hybridized carbons (Fsp3) is 0.500. The molecule has 4 nitrogen and oxygen atoms in total. The molecule has 1 heterocycles. The van der Waals surface area contributed by atoms with E-state index >= 15 is 0 Å². The molecule has 0 atom stereocenters. The molecule has 1 rings (SSSR count). The third kappa shape index (κ3) is 1.92. The zero-order chi connectivity index (χ0) is 8.97. The van der Waals surface area contributed by atoms with Gasteiger partial charge in [-0.2, -0.15) is 0 Å². The van der Waals surface area contributed by atoms with E-state index in [9.17, 15) is 0 Å². The second-order valence-corrected chi connectivity index (χ2v) is 2.46. The summed E-state index contributed by atoms with van der Waals surface area (Å²) in [5.41, 5.74) is 0.896. The van der Waals surface area contributed by atoms with Gasteiger partial charge in [-0.05, 0) is 14.0 Å². The van der Waals surface area contributed by atoms with Crippen molar-refractivity contribution >= 4 is 0 Å². The van der Waals surface area contributed by atoms with Crippen LogP contribution in [0.5, 0.6) is 5.75 Å². The first-order chi connectivity index (χ1) is 5.77. The summed E-state index contributed by atoms with van der Waals surface area (Å²) in [7, 11) is 3.49. The number of aryl methyl sites for hydroxylation is 1. The van der Waals surface area contributed by atoms with E-state index < -0.39 is 0 Å². The topological polar surface area (TPSA) is 47.0 Å². The summed E-state index contributed by atoms with van der Waals surface area (Å²) >= 11 is 0. The molecule has 0 unspecified atom stereocenters. The summed E-state index contributed by atoms with van der Waals surface area (Å²) < 4.78 is 5.09. The van der Waals surface area contributed by atoms with Crippen molar-refractivity contribution in [3.8, 4) is 5.75 Å². The van der Waals surface area contributed by atoms with Crippen molar-refractivity contribution in [1.29, 1.82) is 0 Å². The highest BCUT2D eigenvalue weighted by Gasteiger charge is 2.03. The molecule has 1 aromatic heterocycles. The number of hydrogen-bond acceptors (Lipinski definition) is 4.